The van der Waals surface area contributed by atoms with Crippen LogP contribution in [0, 0.1) is 5.92 Å². The molecule has 1 aromatic carbocycles. The molecule has 1 saturated carbocycles. The molecule has 0 radical (unpaired) electrons. The van der Waals surface area contributed by atoms with Crippen molar-refractivity contribution < 1.29 is 4.79 Å². The minimum atomic E-state index is 0.363. The Morgan fingerprint density at radius 3 is 2.67 bits per heavy atom. The zero-order valence-electron chi connectivity index (χ0n) is 10.9. The number of Topliss-reactive ketones (excluding diaryl/α,β-unsaturated/α-hetero) is 1. The zero-order chi connectivity index (χ0) is 12.4. The van der Waals surface area contributed by atoms with Gasteiger partial charge in [0, 0.05) is 19.0 Å². The third kappa shape index (κ3) is 2.49. The lowest BCUT2D eigenvalue weighted by atomic mass is 9.98. The highest BCUT2D eigenvalue weighted by Crippen LogP contribution is 2.26. The lowest BCUT2D eigenvalue weighted by Crippen LogP contribution is -2.36. The van der Waals surface area contributed by atoms with Crippen molar-refractivity contribution in [2.75, 3.05) is 13.1 Å². The van der Waals surface area contributed by atoms with Crippen molar-refractivity contribution in [2.24, 2.45) is 5.92 Å². The van der Waals surface area contributed by atoms with Crippen LogP contribution in [0.15, 0.2) is 24.3 Å². The Labute approximate surface area is 109 Å². The van der Waals surface area contributed by atoms with E-state index in [1.165, 1.54) is 24.0 Å². The summed E-state index contributed by atoms with van der Waals surface area (Å²) < 4.78 is 0. The van der Waals surface area contributed by atoms with E-state index in [2.05, 4.69) is 29.2 Å². The fourth-order valence-electron chi connectivity index (χ4n) is 3.29. The van der Waals surface area contributed by atoms with E-state index in [1.807, 2.05) is 0 Å². The first-order chi connectivity index (χ1) is 8.83. The molecular formula is C16H21NO. The molecule has 0 atom stereocenters. The second-order valence-corrected chi connectivity index (χ2v) is 5.68. The number of nitrogens with zero attached hydrogens (tertiary/aromatic N) is 1. The van der Waals surface area contributed by atoms with Crippen molar-refractivity contribution in [1.82, 2.24) is 4.90 Å². The second kappa shape index (κ2) is 5.23. The normalized spacial score (nSPS) is 20.9. The zero-order valence-corrected chi connectivity index (χ0v) is 10.9. The Hall–Kier alpha value is -1.15. The summed E-state index contributed by atoms with van der Waals surface area (Å²) in [6.45, 7) is 2.66. The van der Waals surface area contributed by atoms with Crippen LogP contribution >= 0.6 is 0 Å². The van der Waals surface area contributed by atoms with E-state index in [9.17, 15) is 4.79 Å². The first kappa shape index (κ1) is 11.9. The van der Waals surface area contributed by atoms with Gasteiger partial charge in [0.15, 0.2) is 0 Å². The van der Waals surface area contributed by atoms with Crippen LogP contribution in [0.1, 0.15) is 36.8 Å². The van der Waals surface area contributed by atoms with Crippen LogP contribution in [0.25, 0.3) is 0 Å². The largest absolute Gasteiger partial charge is 0.298 e. The van der Waals surface area contributed by atoms with E-state index in [1.54, 1.807) is 0 Å². The molecule has 1 aliphatic heterocycles. The van der Waals surface area contributed by atoms with Gasteiger partial charge in [0.1, 0.15) is 5.78 Å². The maximum atomic E-state index is 12.2. The van der Waals surface area contributed by atoms with Gasteiger partial charge in [0.2, 0.25) is 0 Å². The molecule has 3 rings (SSSR count). The number of rotatable bonds is 3. The third-order valence-electron chi connectivity index (χ3n) is 4.40. The summed E-state index contributed by atoms with van der Waals surface area (Å²) >= 11 is 0. The highest BCUT2D eigenvalue weighted by atomic mass is 16.1. The van der Waals surface area contributed by atoms with Gasteiger partial charge in [-0.05, 0) is 30.4 Å². The van der Waals surface area contributed by atoms with Gasteiger partial charge in [-0.3, -0.25) is 9.69 Å². The summed E-state index contributed by atoms with van der Waals surface area (Å²) in [6.07, 6.45) is 5.85. The summed E-state index contributed by atoms with van der Waals surface area (Å²) in [5.41, 5.74) is 2.87. The lowest BCUT2D eigenvalue weighted by molar-refractivity contribution is -0.124. The van der Waals surface area contributed by atoms with Crippen molar-refractivity contribution in [3.05, 3.63) is 35.4 Å². The summed E-state index contributed by atoms with van der Waals surface area (Å²) in [7, 11) is 0. The number of hydrogen-bond acceptors (Lipinski definition) is 2. The van der Waals surface area contributed by atoms with Gasteiger partial charge >= 0.3 is 0 Å². The molecule has 1 fully saturated rings. The Balaban J connectivity index is 1.60. The molecule has 0 amide bonds. The standard InChI is InChI=1S/C16H21NO/c18-16(14-6-2-3-7-14)12-17-10-9-13-5-1-4-8-15(13)11-17/h1,4-5,8,14H,2-3,6-7,9-12H2. The molecule has 1 aromatic rings. The highest BCUT2D eigenvalue weighted by Gasteiger charge is 2.25. The van der Waals surface area contributed by atoms with Gasteiger partial charge in [-0.2, -0.15) is 0 Å². The van der Waals surface area contributed by atoms with Crippen LogP contribution < -0.4 is 0 Å². The summed E-state index contributed by atoms with van der Waals surface area (Å²) in [6, 6.07) is 8.62. The highest BCUT2D eigenvalue weighted by molar-refractivity contribution is 5.83. The van der Waals surface area contributed by atoms with Crippen LogP contribution in [0.3, 0.4) is 0 Å². The third-order valence-corrected chi connectivity index (χ3v) is 4.40. The van der Waals surface area contributed by atoms with Crippen molar-refractivity contribution >= 4 is 5.78 Å². The molecule has 0 unspecified atom stereocenters. The summed E-state index contributed by atoms with van der Waals surface area (Å²) in [4.78, 5) is 14.5. The Morgan fingerprint density at radius 1 is 1.17 bits per heavy atom. The molecule has 0 spiro atoms. The van der Waals surface area contributed by atoms with E-state index in [0.717, 1.165) is 32.4 Å². The summed E-state index contributed by atoms with van der Waals surface area (Å²) in [5.74, 6) is 0.842. The number of benzene rings is 1. The molecule has 0 saturated heterocycles. The van der Waals surface area contributed by atoms with E-state index in [4.69, 9.17) is 0 Å². The number of fused-ring (bicyclic) bond motifs is 1. The van der Waals surface area contributed by atoms with Crippen molar-refractivity contribution in [1.29, 1.82) is 0 Å². The van der Waals surface area contributed by atoms with Crippen LogP contribution in [0.5, 0.6) is 0 Å². The molecule has 18 heavy (non-hydrogen) atoms. The fourth-order valence-corrected chi connectivity index (χ4v) is 3.29. The molecule has 2 nitrogen and oxygen atoms in total. The van der Waals surface area contributed by atoms with Gasteiger partial charge in [0.25, 0.3) is 0 Å². The maximum Gasteiger partial charge on any atom is 0.149 e. The van der Waals surface area contributed by atoms with E-state index < -0.39 is 0 Å². The smallest absolute Gasteiger partial charge is 0.149 e. The van der Waals surface area contributed by atoms with Crippen molar-refractivity contribution in [3.63, 3.8) is 0 Å². The van der Waals surface area contributed by atoms with Crippen molar-refractivity contribution in [2.45, 2.75) is 38.6 Å². The summed E-state index contributed by atoms with van der Waals surface area (Å²) in [5, 5.41) is 0. The topological polar surface area (TPSA) is 20.3 Å². The molecule has 2 heteroatoms. The fraction of sp³-hybridized carbons (Fsp3) is 0.562. The molecule has 1 heterocycles. The van der Waals surface area contributed by atoms with Gasteiger partial charge in [-0.15, -0.1) is 0 Å². The van der Waals surface area contributed by atoms with Crippen LogP contribution in [0.4, 0.5) is 0 Å². The first-order valence-electron chi connectivity index (χ1n) is 7.15. The molecule has 96 valence electrons. The quantitative estimate of drug-likeness (QED) is 0.813. The van der Waals surface area contributed by atoms with Gasteiger partial charge in [-0.1, -0.05) is 37.1 Å². The molecule has 1 aliphatic carbocycles. The molecular weight excluding hydrogens is 222 g/mol. The minimum absolute atomic E-state index is 0.363. The van der Waals surface area contributed by atoms with Crippen LogP contribution in [0.2, 0.25) is 0 Å². The van der Waals surface area contributed by atoms with Gasteiger partial charge in [0.05, 0.1) is 6.54 Å². The van der Waals surface area contributed by atoms with Gasteiger partial charge < -0.3 is 0 Å². The average molecular weight is 243 g/mol. The van der Waals surface area contributed by atoms with Gasteiger partial charge in [-0.25, -0.2) is 0 Å². The average Bonchev–Trinajstić information content (AvgIpc) is 2.92. The Morgan fingerprint density at radius 2 is 1.89 bits per heavy atom. The van der Waals surface area contributed by atoms with Crippen LogP contribution in [-0.4, -0.2) is 23.8 Å². The van der Waals surface area contributed by atoms with E-state index in [-0.39, 0.29) is 0 Å². The lowest BCUT2D eigenvalue weighted by Gasteiger charge is -2.28. The second-order valence-electron chi connectivity index (χ2n) is 5.68. The predicted molar refractivity (Wildman–Crippen MR) is 72.4 cm³/mol. The van der Waals surface area contributed by atoms with E-state index >= 15 is 0 Å². The van der Waals surface area contributed by atoms with E-state index in [0.29, 0.717) is 18.2 Å². The Kier molecular flexibility index (Phi) is 3.46. The minimum Gasteiger partial charge on any atom is -0.298 e. The Bertz CT molecular complexity index is 434. The SMILES string of the molecule is O=C(CN1CCc2ccccc2C1)C1CCCC1. The first-order valence-corrected chi connectivity index (χ1v) is 7.15. The monoisotopic (exact) mass is 243 g/mol. The molecule has 0 bridgehead atoms. The molecule has 2 aliphatic rings. The number of ketones is 1. The predicted octanol–water partition coefficient (Wildman–Crippen LogP) is 2.80. The molecule has 0 N–H and O–H groups in total. The molecule has 0 aromatic heterocycles. The number of carbonyl (C=O) groups is 1. The number of carbonyl (C=O) groups excluding carboxylic acids is 1. The van der Waals surface area contributed by atoms with Crippen molar-refractivity contribution in [3.8, 4) is 0 Å². The van der Waals surface area contributed by atoms with Crippen LogP contribution in [-0.2, 0) is 17.8 Å². The number of hydrogen-bond donors (Lipinski definition) is 0. The maximum absolute atomic E-state index is 12.2.